The summed E-state index contributed by atoms with van der Waals surface area (Å²) in [6, 6.07) is 0.578. The van der Waals surface area contributed by atoms with E-state index in [1.54, 1.807) is 0 Å². The third-order valence-electron chi connectivity index (χ3n) is 4.23. The number of hydrogen-bond donors (Lipinski definition) is 2. The molecule has 2 saturated carbocycles. The summed E-state index contributed by atoms with van der Waals surface area (Å²) in [5, 5.41) is 14.0. The summed E-state index contributed by atoms with van der Waals surface area (Å²) in [5.41, 5.74) is -0.421. The third-order valence-corrected chi connectivity index (χ3v) is 4.23. The van der Waals surface area contributed by atoms with Gasteiger partial charge in [0.2, 0.25) is 0 Å². The van der Waals surface area contributed by atoms with E-state index in [-0.39, 0.29) is 0 Å². The molecule has 3 unspecified atom stereocenters. The first-order chi connectivity index (χ1) is 7.57. The molecule has 0 aromatic rings. The Morgan fingerprint density at radius 1 is 1.38 bits per heavy atom. The standard InChI is InChI=1S/C14H27NO/c1-11-4-3-7-14(16,9-11)10-15-12(2)8-13-5-6-13/h11-13,15-16H,3-10H2,1-2H3. The summed E-state index contributed by atoms with van der Waals surface area (Å²) >= 11 is 0. The maximum atomic E-state index is 10.5. The Labute approximate surface area is 99.8 Å². The van der Waals surface area contributed by atoms with Crippen LogP contribution in [0.1, 0.15) is 58.8 Å². The Kier molecular flexibility index (Phi) is 3.91. The lowest BCUT2D eigenvalue weighted by atomic mass is 9.79. The van der Waals surface area contributed by atoms with Crippen LogP contribution in [0.4, 0.5) is 0 Å². The topological polar surface area (TPSA) is 32.3 Å². The van der Waals surface area contributed by atoms with Crippen LogP contribution in [0.25, 0.3) is 0 Å². The van der Waals surface area contributed by atoms with Gasteiger partial charge in [-0.3, -0.25) is 0 Å². The Balaban J connectivity index is 1.70. The first-order valence-electron chi connectivity index (χ1n) is 7.03. The monoisotopic (exact) mass is 225 g/mol. The number of nitrogens with one attached hydrogen (secondary N) is 1. The maximum Gasteiger partial charge on any atom is 0.0774 e. The lowest BCUT2D eigenvalue weighted by molar-refractivity contribution is -0.0136. The molecule has 16 heavy (non-hydrogen) atoms. The summed E-state index contributed by atoms with van der Waals surface area (Å²) in [6.45, 7) is 5.32. The van der Waals surface area contributed by atoms with E-state index in [4.69, 9.17) is 0 Å². The highest BCUT2D eigenvalue weighted by Gasteiger charge is 2.33. The fourth-order valence-electron chi connectivity index (χ4n) is 3.09. The Morgan fingerprint density at radius 3 is 2.75 bits per heavy atom. The molecule has 2 nitrogen and oxygen atoms in total. The molecule has 2 fully saturated rings. The van der Waals surface area contributed by atoms with E-state index in [1.807, 2.05) is 0 Å². The third kappa shape index (κ3) is 3.74. The molecule has 2 rings (SSSR count). The second-order valence-corrected chi connectivity index (χ2v) is 6.39. The molecule has 2 N–H and O–H groups in total. The van der Waals surface area contributed by atoms with E-state index in [0.717, 1.165) is 25.3 Å². The van der Waals surface area contributed by atoms with Gasteiger partial charge in [-0.1, -0.05) is 32.6 Å². The molecule has 0 radical (unpaired) electrons. The minimum atomic E-state index is -0.421. The number of rotatable bonds is 5. The normalized spacial score (nSPS) is 37.3. The zero-order valence-electron chi connectivity index (χ0n) is 10.8. The first-order valence-corrected chi connectivity index (χ1v) is 7.03. The molecule has 2 aliphatic rings. The molecule has 0 spiro atoms. The molecule has 0 amide bonds. The van der Waals surface area contributed by atoms with E-state index in [2.05, 4.69) is 19.2 Å². The highest BCUT2D eigenvalue weighted by molar-refractivity contribution is 4.88. The van der Waals surface area contributed by atoms with Crippen molar-refractivity contribution in [2.45, 2.75) is 70.4 Å². The van der Waals surface area contributed by atoms with E-state index >= 15 is 0 Å². The van der Waals surface area contributed by atoms with Crippen LogP contribution in [-0.4, -0.2) is 23.3 Å². The van der Waals surface area contributed by atoms with Gasteiger partial charge in [0.1, 0.15) is 0 Å². The lowest BCUT2D eigenvalue weighted by Gasteiger charge is -2.36. The van der Waals surface area contributed by atoms with Gasteiger partial charge in [-0.15, -0.1) is 0 Å². The zero-order chi connectivity index (χ0) is 11.6. The van der Waals surface area contributed by atoms with Crippen LogP contribution in [0.2, 0.25) is 0 Å². The largest absolute Gasteiger partial charge is 0.389 e. The van der Waals surface area contributed by atoms with Crippen LogP contribution in [0.3, 0.4) is 0 Å². The van der Waals surface area contributed by atoms with Crippen molar-refractivity contribution >= 4 is 0 Å². The second-order valence-electron chi connectivity index (χ2n) is 6.39. The first kappa shape index (κ1) is 12.4. The van der Waals surface area contributed by atoms with Crippen molar-refractivity contribution < 1.29 is 5.11 Å². The lowest BCUT2D eigenvalue weighted by Crippen LogP contribution is -2.46. The van der Waals surface area contributed by atoms with Crippen LogP contribution >= 0.6 is 0 Å². The molecular weight excluding hydrogens is 198 g/mol. The fourth-order valence-corrected chi connectivity index (χ4v) is 3.09. The summed E-state index contributed by atoms with van der Waals surface area (Å²) < 4.78 is 0. The smallest absolute Gasteiger partial charge is 0.0774 e. The quantitative estimate of drug-likeness (QED) is 0.754. The minimum absolute atomic E-state index is 0.421. The molecule has 94 valence electrons. The van der Waals surface area contributed by atoms with Crippen molar-refractivity contribution in [3.05, 3.63) is 0 Å². The average Bonchev–Trinajstić information content (AvgIpc) is 2.99. The van der Waals surface area contributed by atoms with E-state index < -0.39 is 5.60 Å². The number of aliphatic hydroxyl groups is 1. The van der Waals surface area contributed by atoms with Crippen molar-refractivity contribution in [1.82, 2.24) is 5.32 Å². The van der Waals surface area contributed by atoms with Gasteiger partial charge >= 0.3 is 0 Å². The second kappa shape index (κ2) is 5.05. The van der Waals surface area contributed by atoms with E-state index in [0.29, 0.717) is 12.0 Å². The van der Waals surface area contributed by atoms with Gasteiger partial charge < -0.3 is 10.4 Å². The van der Waals surface area contributed by atoms with Gasteiger partial charge in [-0.2, -0.15) is 0 Å². The molecule has 0 aromatic carbocycles. The summed E-state index contributed by atoms with van der Waals surface area (Å²) in [6.07, 6.45) is 8.60. The van der Waals surface area contributed by atoms with Gasteiger partial charge in [0.05, 0.1) is 5.60 Å². The predicted molar refractivity (Wildman–Crippen MR) is 67.4 cm³/mol. The van der Waals surface area contributed by atoms with Crippen LogP contribution in [-0.2, 0) is 0 Å². The highest BCUT2D eigenvalue weighted by Crippen LogP contribution is 2.34. The van der Waals surface area contributed by atoms with E-state index in [1.165, 1.54) is 32.1 Å². The molecular formula is C14H27NO. The zero-order valence-corrected chi connectivity index (χ0v) is 10.8. The van der Waals surface area contributed by atoms with E-state index in [9.17, 15) is 5.11 Å². The highest BCUT2D eigenvalue weighted by atomic mass is 16.3. The SMILES string of the molecule is CC1CCCC(O)(CNC(C)CC2CC2)C1. The molecule has 3 atom stereocenters. The van der Waals surface area contributed by atoms with Crippen molar-refractivity contribution in [1.29, 1.82) is 0 Å². The van der Waals surface area contributed by atoms with Gasteiger partial charge in [-0.05, 0) is 38.0 Å². The molecule has 0 bridgehead atoms. The van der Waals surface area contributed by atoms with Crippen molar-refractivity contribution in [3.63, 3.8) is 0 Å². The summed E-state index contributed by atoms with van der Waals surface area (Å²) in [7, 11) is 0. The van der Waals surface area contributed by atoms with Gasteiger partial charge in [0.25, 0.3) is 0 Å². The van der Waals surface area contributed by atoms with Gasteiger partial charge in [0.15, 0.2) is 0 Å². The molecule has 0 heterocycles. The molecule has 2 aliphatic carbocycles. The summed E-state index contributed by atoms with van der Waals surface area (Å²) in [4.78, 5) is 0. The number of hydrogen-bond acceptors (Lipinski definition) is 2. The molecule has 0 aromatic heterocycles. The van der Waals surface area contributed by atoms with Gasteiger partial charge in [-0.25, -0.2) is 0 Å². The fraction of sp³-hybridized carbons (Fsp3) is 1.00. The van der Waals surface area contributed by atoms with Crippen molar-refractivity contribution in [2.24, 2.45) is 11.8 Å². The molecule has 0 aliphatic heterocycles. The van der Waals surface area contributed by atoms with Crippen LogP contribution in [0, 0.1) is 11.8 Å². The Morgan fingerprint density at radius 2 is 2.12 bits per heavy atom. The Bertz CT molecular complexity index is 227. The molecule has 2 heteroatoms. The van der Waals surface area contributed by atoms with Crippen LogP contribution < -0.4 is 5.32 Å². The van der Waals surface area contributed by atoms with Crippen molar-refractivity contribution in [3.8, 4) is 0 Å². The van der Waals surface area contributed by atoms with Gasteiger partial charge in [0, 0.05) is 12.6 Å². The summed E-state index contributed by atoms with van der Waals surface area (Å²) in [5.74, 6) is 1.67. The van der Waals surface area contributed by atoms with Crippen LogP contribution in [0.5, 0.6) is 0 Å². The Hall–Kier alpha value is -0.0800. The maximum absolute atomic E-state index is 10.5. The van der Waals surface area contributed by atoms with Crippen LogP contribution in [0.15, 0.2) is 0 Å². The average molecular weight is 225 g/mol. The van der Waals surface area contributed by atoms with Crippen molar-refractivity contribution in [2.75, 3.05) is 6.54 Å². The molecule has 0 saturated heterocycles. The minimum Gasteiger partial charge on any atom is -0.389 e. The predicted octanol–water partition coefficient (Wildman–Crippen LogP) is 2.71.